The standard InChI is InChI=1S/C103H154NO10/c1-8-15-19-23-27-31-35-39-43-47-71-105-94-61-51-87(52-62-94)81-111-100-69-59-91(77-102(100)113-83-89-55-65-96(66-56-89)107-73-49-45-41-37-33-29-25-21-17-10-3)85-109-98-75-93(80-104(12-5,13-6)14-7)76-99(79-98)110-86-92-60-70-101(112-82-88-53-63-95(64-54-88)106-72-48-44-40-36-32-28-24-20-16-9-2)103(78-92)114-84-90-57-67-97(68-58-90)108-74-50-46-42-38-34-30-26-22-18-11-4/h51-70,75-79H,8-50,71-74,80-86H2,1-7H3/q+1. The van der Waals surface area contributed by atoms with Crippen molar-refractivity contribution in [2.45, 2.75) is 351 Å². The Morgan fingerprint density at radius 1 is 0.175 bits per heavy atom. The van der Waals surface area contributed by atoms with E-state index in [0.29, 0.717) is 62.6 Å². The number of rotatable bonds is 71. The Balaban J connectivity index is 1.01. The Labute approximate surface area is 693 Å². The second kappa shape index (κ2) is 60.1. The maximum absolute atomic E-state index is 6.83. The van der Waals surface area contributed by atoms with E-state index in [1.54, 1.807) is 0 Å². The van der Waals surface area contributed by atoms with E-state index in [2.05, 4.69) is 182 Å². The van der Waals surface area contributed by atoms with Crippen LogP contribution in [0.4, 0.5) is 0 Å². The molecule has 0 bridgehead atoms. The molecule has 11 nitrogen and oxygen atoms in total. The minimum Gasteiger partial charge on any atom is -0.494 e. The number of unbranched alkanes of at least 4 members (excludes halogenated alkanes) is 36. The van der Waals surface area contributed by atoms with E-state index in [1.165, 1.54) is 231 Å². The summed E-state index contributed by atoms with van der Waals surface area (Å²) < 4.78 is 66.1. The molecule has 0 aliphatic heterocycles. The quantitative estimate of drug-likeness (QED) is 0.0271. The van der Waals surface area contributed by atoms with Crippen LogP contribution in [0.5, 0.6) is 57.5 Å². The minimum atomic E-state index is 0.301. The van der Waals surface area contributed by atoms with Gasteiger partial charge in [-0.25, -0.2) is 0 Å². The van der Waals surface area contributed by atoms with E-state index in [9.17, 15) is 0 Å². The second-order valence-corrected chi connectivity index (χ2v) is 32.3. The molecular formula is C103H154NO10+. The fraction of sp³-hybridized carbons (Fsp3) is 0.592. The molecule has 0 N–H and O–H groups in total. The number of nitrogens with zero attached hydrogens (tertiary/aromatic N) is 1. The lowest BCUT2D eigenvalue weighted by Gasteiger charge is -2.36. The molecule has 0 saturated carbocycles. The predicted molar refractivity (Wildman–Crippen MR) is 476 cm³/mol. The molecule has 11 heteroatoms. The van der Waals surface area contributed by atoms with Crippen molar-refractivity contribution >= 4 is 0 Å². The average Bonchev–Trinajstić information content (AvgIpc) is 0.820. The summed E-state index contributed by atoms with van der Waals surface area (Å²) in [6, 6.07) is 51.9. The van der Waals surface area contributed by atoms with Gasteiger partial charge in [0.15, 0.2) is 23.0 Å². The Kier molecular flexibility index (Phi) is 49.3. The molecular weight excluding hydrogens is 1410 g/mol. The van der Waals surface area contributed by atoms with E-state index in [-0.39, 0.29) is 0 Å². The number of benzene rings is 7. The van der Waals surface area contributed by atoms with Crippen molar-refractivity contribution in [3.8, 4) is 57.5 Å². The van der Waals surface area contributed by atoms with Crippen molar-refractivity contribution in [1.82, 2.24) is 0 Å². The molecule has 114 heavy (non-hydrogen) atoms. The number of ether oxygens (including phenoxy) is 10. The SMILES string of the molecule is CCCCCCCCCCCCOc1ccc(COc2ccc(COc3cc(C[N+](CC)(CC)CC)cc(OCc4ccc(OCc5ccc(OCCCCCCCCCCCC)cc5)c(OCc5ccc(OCCCCCCCCCCCC)cc5)c4)c3)cc2OCc2ccc(OCCCCCCCCCCCC)cc2)cc1. The molecule has 7 rings (SSSR count). The van der Waals surface area contributed by atoms with Crippen LogP contribution in [-0.4, -0.2) is 50.5 Å². The largest absolute Gasteiger partial charge is 0.494 e. The van der Waals surface area contributed by atoms with Crippen LogP contribution in [0, 0.1) is 0 Å². The van der Waals surface area contributed by atoms with Crippen molar-refractivity contribution in [2.75, 3.05) is 46.1 Å². The summed E-state index contributed by atoms with van der Waals surface area (Å²) in [6.45, 7) is 24.9. The normalized spacial score (nSPS) is 11.4. The monoisotopic (exact) mass is 1570 g/mol. The first kappa shape index (κ1) is 93.7. The van der Waals surface area contributed by atoms with Gasteiger partial charge in [0.25, 0.3) is 0 Å². The Morgan fingerprint density at radius 2 is 0.395 bits per heavy atom. The Morgan fingerprint density at radius 3 is 0.640 bits per heavy atom. The van der Waals surface area contributed by atoms with Crippen LogP contribution < -0.4 is 47.4 Å². The van der Waals surface area contributed by atoms with Gasteiger partial charge in [0.1, 0.15) is 80.7 Å². The van der Waals surface area contributed by atoms with Crippen LogP contribution >= 0.6 is 0 Å². The fourth-order valence-corrected chi connectivity index (χ4v) is 14.9. The summed E-state index contributed by atoms with van der Waals surface area (Å²) in [5.41, 5.74) is 7.23. The van der Waals surface area contributed by atoms with Gasteiger partial charge in [-0.3, -0.25) is 0 Å². The molecule has 0 spiro atoms. The molecule has 0 amide bonds. The van der Waals surface area contributed by atoms with Crippen LogP contribution in [0.3, 0.4) is 0 Å². The maximum atomic E-state index is 6.83. The molecule has 630 valence electrons. The summed E-state index contributed by atoms with van der Waals surface area (Å²) in [6.07, 6.45) is 52.1. The summed E-state index contributed by atoms with van der Waals surface area (Å²) >= 11 is 0. The van der Waals surface area contributed by atoms with Crippen LogP contribution in [0.15, 0.2) is 152 Å². The number of quaternary nitrogens is 1. The highest BCUT2D eigenvalue weighted by atomic mass is 16.5. The van der Waals surface area contributed by atoms with Gasteiger partial charge in [0.05, 0.1) is 46.1 Å². The smallest absolute Gasteiger partial charge is 0.162 e. The zero-order valence-electron chi connectivity index (χ0n) is 72.6. The van der Waals surface area contributed by atoms with E-state index >= 15 is 0 Å². The van der Waals surface area contributed by atoms with Crippen molar-refractivity contribution in [3.05, 3.63) is 191 Å². The molecule has 0 aromatic heterocycles. The Hall–Kier alpha value is -7.50. The lowest BCUT2D eigenvalue weighted by molar-refractivity contribution is -0.936. The molecule has 7 aromatic rings. The van der Waals surface area contributed by atoms with Gasteiger partial charge in [-0.1, -0.05) is 320 Å². The maximum Gasteiger partial charge on any atom is 0.162 e. The third-order valence-corrected chi connectivity index (χ3v) is 22.6. The first-order valence-electron chi connectivity index (χ1n) is 46.1. The third-order valence-electron chi connectivity index (χ3n) is 22.6. The van der Waals surface area contributed by atoms with Crippen LogP contribution in [0.25, 0.3) is 0 Å². The zero-order chi connectivity index (χ0) is 80.2. The van der Waals surface area contributed by atoms with Crippen LogP contribution in [0.1, 0.15) is 344 Å². The van der Waals surface area contributed by atoms with Crippen LogP contribution in [-0.2, 0) is 46.2 Å². The van der Waals surface area contributed by atoms with Crippen LogP contribution in [0.2, 0.25) is 0 Å². The summed E-state index contributed by atoms with van der Waals surface area (Å²) in [5, 5.41) is 0. The highest BCUT2D eigenvalue weighted by molar-refractivity contribution is 5.46. The van der Waals surface area contributed by atoms with Gasteiger partial charge >= 0.3 is 0 Å². The molecule has 0 saturated heterocycles. The molecule has 0 aliphatic rings. The lowest BCUT2D eigenvalue weighted by atomic mass is 10.1. The van der Waals surface area contributed by atoms with Crippen molar-refractivity contribution in [1.29, 1.82) is 0 Å². The average molecular weight is 1570 g/mol. The summed E-state index contributed by atoms with van der Waals surface area (Å²) in [7, 11) is 0. The van der Waals surface area contributed by atoms with Gasteiger partial charge in [-0.2, -0.15) is 0 Å². The highest BCUT2D eigenvalue weighted by Gasteiger charge is 2.23. The van der Waals surface area contributed by atoms with E-state index < -0.39 is 0 Å². The molecule has 0 unspecified atom stereocenters. The van der Waals surface area contributed by atoms with E-state index in [4.69, 9.17) is 47.4 Å². The topological polar surface area (TPSA) is 92.3 Å². The van der Waals surface area contributed by atoms with Gasteiger partial charge in [-0.05, 0) is 165 Å². The predicted octanol–water partition coefficient (Wildman–Crippen LogP) is 29.7. The molecule has 0 aliphatic carbocycles. The highest BCUT2D eigenvalue weighted by Crippen LogP contribution is 2.36. The van der Waals surface area contributed by atoms with E-state index in [0.717, 1.165) is 156 Å². The van der Waals surface area contributed by atoms with Gasteiger partial charge < -0.3 is 51.9 Å². The molecule has 0 radical (unpaired) electrons. The first-order chi connectivity index (χ1) is 56.2. The van der Waals surface area contributed by atoms with Gasteiger partial charge in [-0.15, -0.1) is 0 Å². The molecule has 7 aromatic carbocycles. The molecule has 0 fully saturated rings. The number of hydrogen-bond acceptors (Lipinski definition) is 10. The van der Waals surface area contributed by atoms with Crippen molar-refractivity contribution in [3.63, 3.8) is 0 Å². The summed E-state index contributed by atoms with van der Waals surface area (Å²) in [5.74, 6) is 7.63. The Bertz CT molecular complexity index is 3270. The molecule has 0 atom stereocenters. The fourth-order valence-electron chi connectivity index (χ4n) is 14.9. The molecule has 0 heterocycles. The number of hydrogen-bond donors (Lipinski definition) is 0. The summed E-state index contributed by atoms with van der Waals surface area (Å²) in [4.78, 5) is 0. The third kappa shape index (κ3) is 40.4. The van der Waals surface area contributed by atoms with E-state index in [1.807, 2.05) is 18.2 Å². The first-order valence-corrected chi connectivity index (χ1v) is 46.1. The van der Waals surface area contributed by atoms with Gasteiger partial charge in [0, 0.05) is 11.6 Å². The second-order valence-electron chi connectivity index (χ2n) is 32.3. The lowest BCUT2D eigenvalue weighted by Crippen LogP contribution is -2.46. The van der Waals surface area contributed by atoms with Gasteiger partial charge in [0.2, 0.25) is 0 Å². The minimum absolute atomic E-state index is 0.301. The zero-order valence-corrected chi connectivity index (χ0v) is 72.6. The van der Waals surface area contributed by atoms with Crippen molar-refractivity contribution < 1.29 is 51.9 Å². The van der Waals surface area contributed by atoms with Crippen molar-refractivity contribution in [2.24, 2.45) is 0 Å².